The topological polar surface area (TPSA) is 17.1 Å². The zero-order valence-electron chi connectivity index (χ0n) is 10.4. The van der Waals surface area contributed by atoms with Crippen LogP contribution in [0.5, 0.6) is 0 Å². The van der Waals surface area contributed by atoms with E-state index in [4.69, 9.17) is 11.6 Å². The Morgan fingerprint density at radius 3 is 2.37 bits per heavy atom. The molecule has 0 spiro atoms. The fourth-order valence-electron chi connectivity index (χ4n) is 1.84. The van der Waals surface area contributed by atoms with Crippen LogP contribution in [0.25, 0.3) is 0 Å². The molecule has 1 nitrogen and oxygen atoms in total. The first-order valence-electron chi connectivity index (χ1n) is 5.66. The molecule has 0 unspecified atom stereocenters. The number of carbonyl (C=O) groups is 1. The third kappa shape index (κ3) is 3.10. The van der Waals surface area contributed by atoms with Crippen molar-refractivity contribution in [1.29, 1.82) is 0 Å². The molecule has 2 rings (SSSR count). The van der Waals surface area contributed by atoms with E-state index in [0.717, 1.165) is 20.1 Å². The van der Waals surface area contributed by atoms with E-state index in [9.17, 15) is 4.79 Å². The highest BCUT2D eigenvalue weighted by molar-refractivity contribution is 9.10. The second-order valence-corrected chi connectivity index (χ2v) is 6.55. The van der Waals surface area contributed by atoms with E-state index in [0.29, 0.717) is 16.1 Å². The summed E-state index contributed by atoms with van der Waals surface area (Å²) in [4.78, 5) is 12.6. The Hall–Kier alpha value is -0.640. The molecule has 2 aromatic rings. The summed E-state index contributed by atoms with van der Waals surface area (Å²) in [5.74, 6) is -0.0561. The summed E-state index contributed by atoms with van der Waals surface area (Å²) < 4.78 is 1.84. The van der Waals surface area contributed by atoms with Gasteiger partial charge in [0.2, 0.25) is 0 Å². The van der Waals surface area contributed by atoms with Crippen molar-refractivity contribution < 1.29 is 4.79 Å². The van der Waals surface area contributed by atoms with E-state index in [2.05, 4.69) is 31.9 Å². The quantitative estimate of drug-likeness (QED) is 0.588. The van der Waals surface area contributed by atoms with Gasteiger partial charge in [0.1, 0.15) is 0 Å². The van der Waals surface area contributed by atoms with Gasteiger partial charge in [0.15, 0.2) is 5.78 Å². The molecule has 0 aliphatic rings. The molecular formula is C15H11Br2ClO. The molecule has 0 atom stereocenters. The van der Waals surface area contributed by atoms with E-state index >= 15 is 0 Å². The van der Waals surface area contributed by atoms with Crippen molar-refractivity contribution in [2.75, 3.05) is 0 Å². The molecule has 0 bridgehead atoms. The largest absolute Gasteiger partial charge is 0.289 e. The van der Waals surface area contributed by atoms with Crippen LogP contribution in [-0.2, 0) is 0 Å². The van der Waals surface area contributed by atoms with Crippen LogP contribution in [-0.4, -0.2) is 5.78 Å². The van der Waals surface area contributed by atoms with Gasteiger partial charge in [-0.15, -0.1) is 0 Å². The van der Waals surface area contributed by atoms with Gasteiger partial charge in [0.05, 0.1) is 5.02 Å². The van der Waals surface area contributed by atoms with Gasteiger partial charge < -0.3 is 0 Å². The highest BCUT2D eigenvalue weighted by Crippen LogP contribution is 2.27. The summed E-state index contributed by atoms with van der Waals surface area (Å²) in [6.07, 6.45) is 0. The standard InChI is InChI=1S/C15H11Br2ClO/c1-8-6-13(17)9(2)5-11(8)15(19)12-7-10(16)3-4-14(12)18/h3-7H,1-2H3. The van der Waals surface area contributed by atoms with Gasteiger partial charge in [-0.05, 0) is 55.3 Å². The second kappa shape index (κ2) is 5.78. The van der Waals surface area contributed by atoms with E-state index in [1.807, 2.05) is 32.0 Å². The van der Waals surface area contributed by atoms with Gasteiger partial charge in [-0.25, -0.2) is 0 Å². The zero-order valence-corrected chi connectivity index (χ0v) is 14.4. The second-order valence-electron chi connectivity index (χ2n) is 4.37. The summed E-state index contributed by atoms with van der Waals surface area (Å²) in [6.45, 7) is 3.88. The molecule has 19 heavy (non-hydrogen) atoms. The highest BCUT2D eigenvalue weighted by Gasteiger charge is 2.16. The zero-order chi connectivity index (χ0) is 14.2. The first kappa shape index (κ1) is 14.8. The number of hydrogen-bond acceptors (Lipinski definition) is 1. The Morgan fingerprint density at radius 2 is 1.68 bits per heavy atom. The van der Waals surface area contributed by atoms with Crippen LogP contribution < -0.4 is 0 Å². The summed E-state index contributed by atoms with van der Waals surface area (Å²) >= 11 is 12.9. The molecular weight excluding hydrogens is 391 g/mol. The molecule has 0 amide bonds. The summed E-state index contributed by atoms with van der Waals surface area (Å²) in [5.41, 5.74) is 3.15. The van der Waals surface area contributed by atoms with Crippen molar-refractivity contribution in [2.24, 2.45) is 0 Å². The minimum absolute atomic E-state index is 0.0561. The SMILES string of the molecule is Cc1cc(C(=O)c2cc(Br)ccc2Cl)c(C)cc1Br. The van der Waals surface area contributed by atoms with Crippen LogP contribution in [0.2, 0.25) is 5.02 Å². The van der Waals surface area contributed by atoms with Crippen molar-refractivity contribution in [3.8, 4) is 0 Å². The fourth-order valence-corrected chi connectivity index (χ4v) is 2.86. The molecule has 0 saturated carbocycles. The number of rotatable bonds is 2. The third-order valence-electron chi connectivity index (χ3n) is 2.92. The van der Waals surface area contributed by atoms with E-state index in [-0.39, 0.29) is 5.78 Å². The van der Waals surface area contributed by atoms with Gasteiger partial charge in [0, 0.05) is 20.1 Å². The Labute approximate surface area is 134 Å². The van der Waals surface area contributed by atoms with Crippen LogP contribution in [0, 0.1) is 13.8 Å². The predicted octanol–water partition coefficient (Wildman–Crippen LogP) is 5.71. The minimum Gasteiger partial charge on any atom is -0.289 e. The van der Waals surface area contributed by atoms with Crippen molar-refractivity contribution in [3.63, 3.8) is 0 Å². The van der Waals surface area contributed by atoms with E-state index in [1.54, 1.807) is 12.1 Å². The molecule has 0 fully saturated rings. The smallest absolute Gasteiger partial charge is 0.194 e. The van der Waals surface area contributed by atoms with Crippen molar-refractivity contribution in [1.82, 2.24) is 0 Å². The highest BCUT2D eigenvalue weighted by atomic mass is 79.9. The fraction of sp³-hybridized carbons (Fsp3) is 0.133. The van der Waals surface area contributed by atoms with Gasteiger partial charge >= 0.3 is 0 Å². The van der Waals surface area contributed by atoms with Gasteiger partial charge in [0.25, 0.3) is 0 Å². The lowest BCUT2D eigenvalue weighted by Gasteiger charge is -2.09. The molecule has 0 saturated heterocycles. The normalized spacial score (nSPS) is 10.6. The molecule has 0 heterocycles. The average Bonchev–Trinajstić information content (AvgIpc) is 2.36. The lowest BCUT2D eigenvalue weighted by Crippen LogP contribution is -2.05. The average molecular weight is 403 g/mol. The van der Waals surface area contributed by atoms with Crippen molar-refractivity contribution >= 4 is 49.2 Å². The van der Waals surface area contributed by atoms with Gasteiger partial charge in [-0.3, -0.25) is 4.79 Å². The number of carbonyl (C=O) groups excluding carboxylic acids is 1. The van der Waals surface area contributed by atoms with E-state index < -0.39 is 0 Å². The predicted molar refractivity (Wildman–Crippen MR) is 86.2 cm³/mol. The maximum Gasteiger partial charge on any atom is 0.194 e. The van der Waals surface area contributed by atoms with Crippen LogP contribution in [0.3, 0.4) is 0 Å². The molecule has 0 aliphatic heterocycles. The Balaban J connectivity index is 2.56. The Morgan fingerprint density at radius 1 is 1.00 bits per heavy atom. The number of halogens is 3. The number of aryl methyl sites for hydroxylation is 2. The lowest BCUT2D eigenvalue weighted by atomic mass is 9.97. The number of benzene rings is 2. The Kier molecular flexibility index (Phi) is 4.49. The van der Waals surface area contributed by atoms with Crippen molar-refractivity contribution in [3.05, 3.63) is 66.6 Å². The summed E-state index contributed by atoms with van der Waals surface area (Å²) in [5, 5.41) is 0.466. The van der Waals surface area contributed by atoms with Gasteiger partial charge in [-0.2, -0.15) is 0 Å². The first-order chi connectivity index (χ1) is 8.90. The summed E-state index contributed by atoms with van der Waals surface area (Å²) in [6, 6.07) is 9.13. The maximum atomic E-state index is 12.6. The van der Waals surface area contributed by atoms with Crippen molar-refractivity contribution in [2.45, 2.75) is 13.8 Å². The lowest BCUT2D eigenvalue weighted by molar-refractivity contribution is 0.103. The molecule has 0 radical (unpaired) electrons. The molecule has 0 aliphatic carbocycles. The van der Waals surface area contributed by atoms with E-state index in [1.165, 1.54) is 0 Å². The molecule has 0 N–H and O–H groups in total. The monoisotopic (exact) mass is 400 g/mol. The van der Waals surface area contributed by atoms with Crippen LogP contribution in [0.1, 0.15) is 27.0 Å². The minimum atomic E-state index is -0.0561. The van der Waals surface area contributed by atoms with Crippen LogP contribution in [0.15, 0.2) is 39.3 Å². The molecule has 4 heteroatoms. The number of ketones is 1. The first-order valence-corrected chi connectivity index (χ1v) is 7.63. The summed E-state index contributed by atoms with van der Waals surface area (Å²) in [7, 11) is 0. The molecule has 0 aromatic heterocycles. The maximum absolute atomic E-state index is 12.6. The molecule has 98 valence electrons. The van der Waals surface area contributed by atoms with Crippen LogP contribution in [0.4, 0.5) is 0 Å². The number of hydrogen-bond donors (Lipinski definition) is 0. The van der Waals surface area contributed by atoms with Gasteiger partial charge in [-0.1, -0.05) is 43.5 Å². The molecule has 2 aromatic carbocycles. The van der Waals surface area contributed by atoms with Crippen LogP contribution >= 0.6 is 43.5 Å². The third-order valence-corrected chi connectivity index (χ3v) is 4.60. The Bertz CT molecular complexity index is 665.